The number of thioether (sulfide) groups is 1. The van der Waals surface area contributed by atoms with Gasteiger partial charge in [-0.3, -0.25) is 4.79 Å². The Morgan fingerprint density at radius 2 is 2.17 bits per heavy atom. The Labute approximate surface area is 107 Å². The number of rotatable bonds is 3. The summed E-state index contributed by atoms with van der Waals surface area (Å²) in [7, 11) is 1.14. The minimum absolute atomic E-state index is 0.111. The Bertz CT molecular complexity index is 473. The lowest BCUT2D eigenvalue weighted by Crippen LogP contribution is -2.46. The maximum absolute atomic E-state index is 12.6. The van der Waals surface area contributed by atoms with Crippen LogP contribution >= 0.6 is 11.8 Å². The number of benzene rings is 1. The summed E-state index contributed by atoms with van der Waals surface area (Å²) in [6, 6.07) is 2.64. The minimum atomic E-state index is -4.57. The van der Waals surface area contributed by atoms with Crippen LogP contribution in [0.3, 0.4) is 0 Å². The Balaban J connectivity index is 2.28. The highest BCUT2D eigenvalue weighted by atomic mass is 32.2. The number of likely N-dealkylation sites (N-methyl/N-ethyl adjacent to an activating group) is 1. The molecule has 1 heterocycles. The third-order valence-electron chi connectivity index (χ3n) is 2.86. The quantitative estimate of drug-likeness (QED) is 0.860. The van der Waals surface area contributed by atoms with Crippen LogP contribution in [0.5, 0.6) is 0 Å². The van der Waals surface area contributed by atoms with E-state index in [0.717, 1.165) is 29.7 Å². The van der Waals surface area contributed by atoms with Gasteiger partial charge in [-0.1, -0.05) is 12.1 Å². The van der Waals surface area contributed by atoms with Gasteiger partial charge in [-0.2, -0.15) is 13.2 Å². The third kappa shape index (κ3) is 2.54. The number of hydrogen-bond donors (Lipinski definition) is 1. The fourth-order valence-electron chi connectivity index (χ4n) is 1.93. The molecule has 0 saturated carbocycles. The molecule has 2 rings (SSSR count). The Kier molecular flexibility index (Phi) is 3.68. The zero-order valence-electron chi connectivity index (χ0n) is 9.67. The molecule has 0 amide bonds. The maximum Gasteiger partial charge on any atom is 0.411 e. The van der Waals surface area contributed by atoms with Crippen LogP contribution in [0, 0.1) is 0 Å². The van der Waals surface area contributed by atoms with E-state index in [1.807, 2.05) is 5.32 Å². The predicted octanol–water partition coefficient (Wildman–Crippen LogP) is 2.67. The van der Waals surface area contributed by atoms with Gasteiger partial charge in [0.2, 0.25) is 0 Å². The molecule has 98 valence electrons. The molecule has 2 nitrogen and oxygen atoms in total. The molecule has 1 unspecified atom stereocenters. The van der Waals surface area contributed by atoms with Crippen LogP contribution in [-0.2, 0) is 6.42 Å². The summed E-state index contributed by atoms with van der Waals surface area (Å²) in [5.74, 6) is -0.0119. The average Bonchev–Trinajstić information content (AvgIpc) is 2.74. The first kappa shape index (κ1) is 13.4. The molecular weight excluding hydrogens is 263 g/mol. The van der Waals surface area contributed by atoms with E-state index in [2.05, 4.69) is 0 Å². The SMILES string of the molecule is CNC(C(=O)c1ccc2c(c1)SCC2)C(F)(F)F. The van der Waals surface area contributed by atoms with Crippen LogP contribution in [-0.4, -0.2) is 30.8 Å². The topological polar surface area (TPSA) is 29.1 Å². The van der Waals surface area contributed by atoms with Crippen molar-refractivity contribution in [1.29, 1.82) is 0 Å². The number of aryl methyl sites for hydroxylation is 1. The first-order chi connectivity index (χ1) is 8.43. The van der Waals surface area contributed by atoms with Gasteiger partial charge >= 0.3 is 6.18 Å². The van der Waals surface area contributed by atoms with Gasteiger partial charge in [0.1, 0.15) is 0 Å². The molecule has 0 spiro atoms. The van der Waals surface area contributed by atoms with Crippen molar-refractivity contribution in [2.24, 2.45) is 0 Å². The highest BCUT2D eigenvalue weighted by molar-refractivity contribution is 7.99. The molecule has 1 aliphatic heterocycles. The van der Waals surface area contributed by atoms with E-state index in [0.29, 0.717) is 0 Å². The minimum Gasteiger partial charge on any atom is -0.303 e. The van der Waals surface area contributed by atoms with Crippen molar-refractivity contribution in [3.63, 3.8) is 0 Å². The van der Waals surface area contributed by atoms with Crippen molar-refractivity contribution in [1.82, 2.24) is 5.32 Å². The number of fused-ring (bicyclic) bond motifs is 1. The highest BCUT2D eigenvalue weighted by Crippen LogP contribution is 2.33. The van der Waals surface area contributed by atoms with Gasteiger partial charge in [0, 0.05) is 16.2 Å². The average molecular weight is 275 g/mol. The normalized spacial score (nSPS) is 16.4. The second-order valence-electron chi connectivity index (χ2n) is 4.05. The molecule has 1 aliphatic rings. The first-order valence-electron chi connectivity index (χ1n) is 5.47. The fraction of sp³-hybridized carbons (Fsp3) is 0.417. The largest absolute Gasteiger partial charge is 0.411 e. The summed E-state index contributed by atoms with van der Waals surface area (Å²) in [4.78, 5) is 12.7. The smallest absolute Gasteiger partial charge is 0.303 e. The molecule has 0 radical (unpaired) electrons. The van der Waals surface area contributed by atoms with Gasteiger partial charge < -0.3 is 5.32 Å². The fourth-order valence-corrected chi connectivity index (χ4v) is 3.04. The molecule has 0 fully saturated rings. The standard InChI is InChI=1S/C12H12F3NOS/c1-16-11(12(13,14)15)10(17)8-3-2-7-4-5-18-9(7)6-8/h2-3,6,11,16H,4-5H2,1H3. The second kappa shape index (κ2) is 4.93. The van der Waals surface area contributed by atoms with Crippen molar-refractivity contribution in [2.45, 2.75) is 23.5 Å². The van der Waals surface area contributed by atoms with Gasteiger partial charge in [0.05, 0.1) is 0 Å². The lowest BCUT2D eigenvalue weighted by molar-refractivity contribution is -0.143. The molecule has 1 N–H and O–H groups in total. The Morgan fingerprint density at radius 1 is 1.44 bits per heavy atom. The monoisotopic (exact) mass is 275 g/mol. The Hall–Kier alpha value is -1.01. The van der Waals surface area contributed by atoms with Gasteiger partial charge in [-0.05, 0) is 25.1 Å². The molecule has 0 bridgehead atoms. The second-order valence-corrected chi connectivity index (χ2v) is 5.19. The van der Waals surface area contributed by atoms with E-state index < -0.39 is 18.0 Å². The van der Waals surface area contributed by atoms with E-state index in [-0.39, 0.29) is 5.56 Å². The summed E-state index contributed by atoms with van der Waals surface area (Å²) in [5, 5.41) is 2.03. The van der Waals surface area contributed by atoms with E-state index in [1.54, 1.807) is 23.9 Å². The lowest BCUT2D eigenvalue weighted by Gasteiger charge is -2.18. The van der Waals surface area contributed by atoms with Crippen molar-refractivity contribution in [3.8, 4) is 0 Å². The predicted molar refractivity (Wildman–Crippen MR) is 64.1 cm³/mol. The molecule has 1 aromatic carbocycles. The number of carbonyl (C=O) groups excluding carboxylic acids is 1. The van der Waals surface area contributed by atoms with E-state index in [4.69, 9.17) is 0 Å². The van der Waals surface area contributed by atoms with Crippen LogP contribution in [0.15, 0.2) is 23.1 Å². The number of nitrogens with one attached hydrogen (secondary N) is 1. The van der Waals surface area contributed by atoms with E-state index in [1.165, 1.54) is 6.07 Å². The van der Waals surface area contributed by atoms with Crippen LogP contribution in [0.2, 0.25) is 0 Å². The van der Waals surface area contributed by atoms with Crippen molar-refractivity contribution in [3.05, 3.63) is 29.3 Å². The maximum atomic E-state index is 12.6. The highest BCUT2D eigenvalue weighted by Gasteiger charge is 2.44. The molecule has 6 heteroatoms. The van der Waals surface area contributed by atoms with Crippen LogP contribution in [0.1, 0.15) is 15.9 Å². The Morgan fingerprint density at radius 3 is 2.78 bits per heavy atom. The summed E-state index contributed by atoms with van der Waals surface area (Å²) in [6.07, 6.45) is -3.67. The summed E-state index contributed by atoms with van der Waals surface area (Å²) < 4.78 is 37.9. The number of ketones is 1. The number of hydrogen-bond acceptors (Lipinski definition) is 3. The van der Waals surface area contributed by atoms with Crippen LogP contribution < -0.4 is 5.32 Å². The van der Waals surface area contributed by atoms with Crippen LogP contribution in [0.4, 0.5) is 13.2 Å². The number of alkyl halides is 3. The zero-order chi connectivity index (χ0) is 13.3. The molecule has 18 heavy (non-hydrogen) atoms. The summed E-state index contributed by atoms with van der Waals surface area (Å²) >= 11 is 1.57. The number of halogens is 3. The number of carbonyl (C=O) groups is 1. The van der Waals surface area contributed by atoms with Gasteiger partial charge in [0.25, 0.3) is 0 Å². The van der Waals surface area contributed by atoms with Crippen molar-refractivity contribution >= 4 is 17.5 Å². The zero-order valence-corrected chi connectivity index (χ0v) is 10.5. The van der Waals surface area contributed by atoms with Crippen molar-refractivity contribution < 1.29 is 18.0 Å². The molecule has 0 saturated heterocycles. The van der Waals surface area contributed by atoms with E-state index in [9.17, 15) is 18.0 Å². The lowest BCUT2D eigenvalue weighted by atomic mass is 10.0. The van der Waals surface area contributed by atoms with E-state index >= 15 is 0 Å². The van der Waals surface area contributed by atoms with Gasteiger partial charge in [-0.15, -0.1) is 11.8 Å². The first-order valence-corrected chi connectivity index (χ1v) is 6.46. The number of Topliss-reactive ketones (excluding diaryl/α,β-unsaturated/α-hetero) is 1. The molecule has 0 aliphatic carbocycles. The molecule has 0 aromatic heterocycles. The van der Waals surface area contributed by atoms with Gasteiger partial charge in [-0.25, -0.2) is 0 Å². The molecule has 1 aromatic rings. The van der Waals surface area contributed by atoms with Crippen LogP contribution in [0.25, 0.3) is 0 Å². The van der Waals surface area contributed by atoms with Crippen molar-refractivity contribution in [2.75, 3.05) is 12.8 Å². The summed E-state index contributed by atoms with van der Waals surface area (Å²) in [6.45, 7) is 0. The third-order valence-corrected chi connectivity index (χ3v) is 3.96. The molecular formula is C12H12F3NOS. The molecule has 1 atom stereocenters. The summed E-state index contributed by atoms with van der Waals surface area (Å²) in [5.41, 5.74) is 1.21. The van der Waals surface area contributed by atoms with Gasteiger partial charge in [0.15, 0.2) is 11.8 Å².